The standard InChI is InChI=1S/C14H20F3N3O4/c1-8-4-9(12(22)23)6-20(5-8)13(24)18-10-2-3-19(11(10)21)7-14(15,16)17/h8-10H,2-7H2,1H3,(H,18,24)(H,22,23). The van der Waals surface area contributed by atoms with Crippen LogP contribution in [0.15, 0.2) is 0 Å². The Kier molecular flexibility index (Phi) is 5.24. The lowest BCUT2D eigenvalue weighted by molar-refractivity contribution is -0.157. The molecule has 3 atom stereocenters. The van der Waals surface area contributed by atoms with Gasteiger partial charge in [0.25, 0.3) is 0 Å². The third-order valence-corrected chi connectivity index (χ3v) is 4.26. The Morgan fingerprint density at radius 3 is 2.58 bits per heavy atom. The molecule has 2 rings (SSSR count). The summed E-state index contributed by atoms with van der Waals surface area (Å²) in [6.07, 6.45) is -3.92. The SMILES string of the molecule is CC1CC(C(=O)O)CN(C(=O)NC2CCN(CC(F)(F)F)C2=O)C1. The summed E-state index contributed by atoms with van der Waals surface area (Å²) < 4.78 is 37.1. The molecule has 7 nitrogen and oxygen atoms in total. The van der Waals surface area contributed by atoms with Crippen molar-refractivity contribution in [1.29, 1.82) is 0 Å². The average molecular weight is 351 g/mol. The van der Waals surface area contributed by atoms with Crippen LogP contribution in [0.2, 0.25) is 0 Å². The fourth-order valence-corrected chi connectivity index (χ4v) is 3.18. The summed E-state index contributed by atoms with van der Waals surface area (Å²) in [5.74, 6) is -2.44. The highest BCUT2D eigenvalue weighted by Gasteiger charge is 2.41. The fraction of sp³-hybridized carbons (Fsp3) is 0.786. The van der Waals surface area contributed by atoms with Crippen molar-refractivity contribution >= 4 is 17.9 Å². The predicted octanol–water partition coefficient (Wildman–Crippen LogP) is 0.902. The largest absolute Gasteiger partial charge is 0.481 e. The van der Waals surface area contributed by atoms with E-state index in [1.54, 1.807) is 0 Å². The van der Waals surface area contributed by atoms with E-state index in [2.05, 4.69) is 5.32 Å². The first-order valence-corrected chi connectivity index (χ1v) is 7.70. The van der Waals surface area contributed by atoms with Gasteiger partial charge in [-0.3, -0.25) is 9.59 Å². The second-order valence-electron chi connectivity index (χ2n) is 6.45. The van der Waals surface area contributed by atoms with E-state index in [0.717, 1.165) is 0 Å². The number of carbonyl (C=O) groups is 3. The Bertz CT molecular complexity index is 526. The first-order chi connectivity index (χ1) is 11.1. The molecule has 0 spiro atoms. The van der Waals surface area contributed by atoms with Gasteiger partial charge in [0, 0.05) is 19.6 Å². The molecule has 2 N–H and O–H groups in total. The number of halogens is 3. The third-order valence-electron chi connectivity index (χ3n) is 4.26. The van der Waals surface area contributed by atoms with Gasteiger partial charge < -0.3 is 20.2 Å². The highest BCUT2D eigenvalue weighted by Crippen LogP contribution is 2.23. The molecule has 3 amide bonds. The third kappa shape index (κ3) is 4.51. The lowest BCUT2D eigenvalue weighted by atomic mass is 9.91. The van der Waals surface area contributed by atoms with Crippen LogP contribution in [0.3, 0.4) is 0 Å². The maximum atomic E-state index is 12.4. The van der Waals surface area contributed by atoms with Gasteiger partial charge >= 0.3 is 18.2 Å². The van der Waals surface area contributed by atoms with Gasteiger partial charge in [0.15, 0.2) is 0 Å². The van der Waals surface area contributed by atoms with Crippen LogP contribution in [-0.4, -0.2) is 71.2 Å². The van der Waals surface area contributed by atoms with Crippen molar-refractivity contribution in [3.05, 3.63) is 0 Å². The molecule has 0 aromatic heterocycles. The van der Waals surface area contributed by atoms with Gasteiger partial charge in [-0.15, -0.1) is 0 Å². The molecule has 2 fully saturated rings. The molecule has 0 aromatic rings. The Hall–Kier alpha value is -2.00. The Balaban J connectivity index is 1.92. The second-order valence-corrected chi connectivity index (χ2v) is 6.45. The van der Waals surface area contributed by atoms with Crippen LogP contribution in [-0.2, 0) is 9.59 Å². The molecule has 0 saturated carbocycles. The van der Waals surface area contributed by atoms with Crippen molar-refractivity contribution in [2.75, 3.05) is 26.2 Å². The van der Waals surface area contributed by atoms with Crippen molar-refractivity contribution < 1.29 is 32.7 Å². The monoisotopic (exact) mass is 351 g/mol. The molecule has 136 valence electrons. The van der Waals surface area contributed by atoms with E-state index in [1.807, 2.05) is 6.92 Å². The molecule has 0 aromatic carbocycles. The number of hydrogen-bond acceptors (Lipinski definition) is 3. The van der Waals surface area contributed by atoms with Crippen molar-refractivity contribution in [2.45, 2.75) is 32.0 Å². The van der Waals surface area contributed by atoms with Gasteiger partial charge in [-0.2, -0.15) is 13.2 Å². The van der Waals surface area contributed by atoms with Crippen molar-refractivity contribution in [3.8, 4) is 0 Å². The number of carboxylic acids is 1. The number of amides is 3. The van der Waals surface area contributed by atoms with Gasteiger partial charge in [-0.1, -0.05) is 6.92 Å². The zero-order chi connectivity index (χ0) is 18.1. The minimum Gasteiger partial charge on any atom is -0.481 e. The van der Waals surface area contributed by atoms with E-state index < -0.39 is 42.6 Å². The number of aliphatic carboxylic acids is 1. The summed E-state index contributed by atoms with van der Waals surface area (Å²) in [6, 6.07) is -1.61. The van der Waals surface area contributed by atoms with Gasteiger partial charge in [-0.25, -0.2) is 4.79 Å². The number of urea groups is 1. The molecule has 0 radical (unpaired) electrons. The van der Waals surface area contributed by atoms with E-state index in [0.29, 0.717) is 17.9 Å². The van der Waals surface area contributed by atoms with Crippen LogP contribution >= 0.6 is 0 Å². The summed E-state index contributed by atoms with van der Waals surface area (Å²) in [7, 11) is 0. The quantitative estimate of drug-likeness (QED) is 0.791. The smallest absolute Gasteiger partial charge is 0.406 e. The van der Waals surface area contributed by atoms with Gasteiger partial charge in [0.2, 0.25) is 5.91 Å². The lowest BCUT2D eigenvalue weighted by Gasteiger charge is -2.35. The number of alkyl halides is 3. The van der Waals surface area contributed by atoms with Gasteiger partial charge in [0.05, 0.1) is 5.92 Å². The number of rotatable bonds is 3. The first-order valence-electron chi connectivity index (χ1n) is 7.70. The number of carboxylic acid groups (broad SMARTS) is 1. The van der Waals surface area contributed by atoms with Crippen molar-refractivity contribution in [1.82, 2.24) is 15.1 Å². The Morgan fingerprint density at radius 1 is 1.33 bits per heavy atom. The van der Waals surface area contributed by atoms with E-state index in [-0.39, 0.29) is 25.4 Å². The minimum atomic E-state index is -4.48. The summed E-state index contributed by atoms with van der Waals surface area (Å²) in [5.41, 5.74) is 0. The van der Waals surface area contributed by atoms with Crippen LogP contribution in [0, 0.1) is 11.8 Å². The van der Waals surface area contributed by atoms with Crippen LogP contribution in [0.1, 0.15) is 19.8 Å². The van der Waals surface area contributed by atoms with Gasteiger partial charge in [0.1, 0.15) is 12.6 Å². The van der Waals surface area contributed by atoms with Crippen LogP contribution in [0.25, 0.3) is 0 Å². The maximum absolute atomic E-state index is 12.4. The number of carbonyl (C=O) groups excluding carboxylic acids is 2. The molecule has 0 aliphatic carbocycles. The molecule has 10 heteroatoms. The van der Waals surface area contributed by atoms with E-state index in [1.165, 1.54) is 4.90 Å². The summed E-state index contributed by atoms with van der Waals surface area (Å²) in [4.78, 5) is 37.3. The molecule has 2 aliphatic heterocycles. The molecular formula is C14H20F3N3O4. The van der Waals surface area contributed by atoms with Crippen LogP contribution in [0.4, 0.5) is 18.0 Å². The Labute approximate surface area is 136 Å². The summed E-state index contributed by atoms with van der Waals surface area (Å²) in [6.45, 7) is 0.792. The van der Waals surface area contributed by atoms with Crippen LogP contribution < -0.4 is 5.32 Å². The number of piperidine rings is 1. The molecule has 2 saturated heterocycles. The lowest BCUT2D eigenvalue weighted by Crippen LogP contribution is -2.53. The zero-order valence-electron chi connectivity index (χ0n) is 13.2. The Morgan fingerprint density at radius 2 is 2.00 bits per heavy atom. The highest BCUT2D eigenvalue weighted by molar-refractivity contribution is 5.89. The summed E-state index contributed by atoms with van der Waals surface area (Å²) in [5, 5.41) is 11.5. The molecule has 2 heterocycles. The maximum Gasteiger partial charge on any atom is 0.406 e. The molecule has 24 heavy (non-hydrogen) atoms. The molecule has 0 bridgehead atoms. The number of nitrogens with one attached hydrogen (secondary N) is 1. The first kappa shape index (κ1) is 18.3. The van der Waals surface area contributed by atoms with Gasteiger partial charge in [-0.05, 0) is 18.8 Å². The minimum absolute atomic E-state index is 0.00777. The number of likely N-dealkylation sites (tertiary alicyclic amines) is 2. The fourth-order valence-electron chi connectivity index (χ4n) is 3.18. The zero-order valence-corrected chi connectivity index (χ0v) is 13.2. The normalized spacial score (nSPS) is 28.2. The topological polar surface area (TPSA) is 89.9 Å². The average Bonchev–Trinajstić information content (AvgIpc) is 2.77. The number of nitrogens with zero attached hydrogens (tertiary/aromatic N) is 2. The van der Waals surface area contributed by atoms with E-state index >= 15 is 0 Å². The number of hydrogen-bond donors (Lipinski definition) is 2. The molecule has 3 unspecified atom stereocenters. The van der Waals surface area contributed by atoms with Crippen molar-refractivity contribution in [3.63, 3.8) is 0 Å². The molecular weight excluding hydrogens is 331 g/mol. The van der Waals surface area contributed by atoms with E-state index in [4.69, 9.17) is 5.11 Å². The van der Waals surface area contributed by atoms with Crippen molar-refractivity contribution in [2.24, 2.45) is 11.8 Å². The summed E-state index contributed by atoms with van der Waals surface area (Å²) >= 11 is 0. The van der Waals surface area contributed by atoms with E-state index in [9.17, 15) is 27.6 Å². The highest BCUT2D eigenvalue weighted by atomic mass is 19.4. The van der Waals surface area contributed by atoms with Crippen LogP contribution in [0.5, 0.6) is 0 Å². The molecule has 2 aliphatic rings. The predicted molar refractivity (Wildman–Crippen MR) is 76.1 cm³/mol. The second kappa shape index (κ2) is 6.86.